The summed E-state index contributed by atoms with van der Waals surface area (Å²) in [6.07, 6.45) is 2.12. The number of nitrogens with one attached hydrogen (secondary N) is 1. The number of hydrogen-bond acceptors (Lipinski definition) is 4. The second-order valence-electron chi connectivity index (χ2n) is 4.04. The van der Waals surface area contributed by atoms with Gasteiger partial charge < -0.3 is 10.1 Å². The summed E-state index contributed by atoms with van der Waals surface area (Å²) in [7, 11) is 0. The minimum absolute atomic E-state index is 0.508. The largest absolute Gasteiger partial charge is 0.381 e. The van der Waals surface area contributed by atoms with E-state index in [4.69, 9.17) is 4.74 Å². The summed E-state index contributed by atoms with van der Waals surface area (Å²) in [6.45, 7) is 7.69. The fourth-order valence-corrected chi connectivity index (χ4v) is 2.17. The number of rotatable bonds is 4. The maximum Gasteiger partial charge on any atom is 0.224 e. The smallest absolute Gasteiger partial charge is 0.224 e. The summed E-state index contributed by atoms with van der Waals surface area (Å²) < 4.78 is 7.56. The summed E-state index contributed by atoms with van der Waals surface area (Å²) in [5.41, 5.74) is 0. The van der Waals surface area contributed by atoms with Gasteiger partial charge in [-0.15, -0.1) is 10.2 Å². The van der Waals surface area contributed by atoms with Crippen LogP contribution in [0, 0.1) is 0 Å². The van der Waals surface area contributed by atoms with Crippen LogP contribution in [0.3, 0.4) is 0 Å². The maximum atomic E-state index is 5.38. The van der Waals surface area contributed by atoms with Crippen molar-refractivity contribution in [2.24, 2.45) is 0 Å². The van der Waals surface area contributed by atoms with Gasteiger partial charge in [0.05, 0.1) is 0 Å². The second-order valence-corrected chi connectivity index (χ2v) is 4.04. The number of aromatic nitrogens is 3. The third kappa shape index (κ3) is 2.19. The Kier molecular flexibility index (Phi) is 3.77. The van der Waals surface area contributed by atoms with E-state index in [0.717, 1.165) is 50.9 Å². The summed E-state index contributed by atoms with van der Waals surface area (Å²) >= 11 is 0. The van der Waals surface area contributed by atoms with E-state index in [1.807, 2.05) is 0 Å². The molecular weight excluding hydrogens is 204 g/mol. The SMILES string of the molecule is CCNc1nnc(C2CCOCC2)n1CC. The molecule has 5 nitrogen and oxygen atoms in total. The zero-order valence-corrected chi connectivity index (χ0v) is 10.1. The third-order valence-corrected chi connectivity index (χ3v) is 3.02. The van der Waals surface area contributed by atoms with Crippen molar-refractivity contribution in [1.82, 2.24) is 14.8 Å². The van der Waals surface area contributed by atoms with Crippen molar-refractivity contribution in [3.05, 3.63) is 5.82 Å². The number of ether oxygens (including phenoxy) is 1. The summed E-state index contributed by atoms with van der Waals surface area (Å²) in [5.74, 6) is 2.52. The van der Waals surface area contributed by atoms with Crippen LogP contribution < -0.4 is 5.32 Å². The first kappa shape index (κ1) is 11.4. The Bertz CT molecular complexity index is 331. The van der Waals surface area contributed by atoms with Crippen LogP contribution in [-0.4, -0.2) is 34.5 Å². The van der Waals surface area contributed by atoms with Gasteiger partial charge in [-0.3, -0.25) is 4.57 Å². The lowest BCUT2D eigenvalue weighted by Crippen LogP contribution is -2.18. The van der Waals surface area contributed by atoms with Crippen LogP contribution in [0.2, 0.25) is 0 Å². The molecule has 0 saturated carbocycles. The molecule has 1 fully saturated rings. The van der Waals surface area contributed by atoms with Gasteiger partial charge in [0.15, 0.2) is 0 Å². The molecule has 0 unspecified atom stereocenters. The highest BCUT2D eigenvalue weighted by Crippen LogP contribution is 2.26. The van der Waals surface area contributed by atoms with E-state index in [1.165, 1.54) is 0 Å². The van der Waals surface area contributed by atoms with Gasteiger partial charge in [-0.2, -0.15) is 0 Å². The normalized spacial score (nSPS) is 17.6. The van der Waals surface area contributed by atoms with Gasteiger partial charge in [0, 0.05) is 32.2 Å². The highest BCUT2D eigenvalue weighted by molar-refractivity contribution is 5.26. The number of anilines is 1. The van der Waals surface area contributed by atoms with E-state index in [2.05, 4.69) is 33.9 Å². The molecule has 0 bridgehead atoms. The van der Waals surface area contributed by atoms with Crippen LogP contribution in [0.25, 0.3) is 0 Å². The molecule has 0 aliphatic carbocycles. The Morgan fingerprint density at radius 3 is 2.69 bits per heavy atom. The predicted octanol–water partition coefficient (Wildman–Crippen LogP) is 1.62. The van der Waals surface area contributed by atoms with E-state index in [-0.39, 0.29) is 0 Å². The average Bonchev–Trinajstić information content (AvgIpc) is 2.73. The molecule has 0 atom stereocenters. The van der Waals surface area contributed by atoms with Crippen molar-refractivity contribution in [3.63, 3.8) is 0 Å². The molecule has 1 aromatic heterocycles. The van der Waals surface area contributed by atoms with Crippen molar-refractivity contribution in [2.45, 2.75) is 39.2 Å². The molecule has 1 saturated heterocycles. The van der Waals surface area contributed by atoms with Crippen LogP contribution in [0.5, 0.6) is 0 Å². The van der Waals surface area contributed by atoms with Gasteiger partial charge in [-0.25, -0.2) is 0 Å². The van der Waals surface area contributed by atoms with Gasteiger partial charge in [0.2, 0.25) is 5.95 Å². The lowest BCUT2D eigenvalue weighted by molar-refractivity contribution is 0.0828. The topological polar surface area (TPSA) is 52.0 Å². The second kappa shape index (κ2) is 5.30. The van der Waals surface area contributed by atoms with E-state index < -0.39 is 0 Å². The molecule has 1 aromatic rings. The fourth-order valence-electron chi connectivity index (χ4n) is 2.17. The molecule has 2 heterocycles. The first-order chi connectivity index (χ1) is 7.86. The molecule has 90 valence electrons. The van der Waals surface area contributed by atoms with Crippen LogP contribution >= 0.6 is 0 Å². The number of nitrogens with zero attached hydrogens (tertiary/aromatic N) is 3. The predicted molar refractivity (Wildman–Crippen MR) is 62.7 cm³/mol. The molecule has 1 aliphatic heterocycles. The standard InChI is InChI=1S/C11H20N4O/c1-3-12-11-14-13-10(15(11)4-2)9-5-7-16-8-6-9/h9H,3-8H2,1-2H3,(H,12,14). The molecule has 16 heavy (non-hydrogen) atoms. The van der Waals surface area contributed by atoms with Gasteiger partial charge in [-0.1, -0.05) is 0 Å². The van der Waals surface area contributed by atoms with E-state index in [9.17, 15) is 0 Å². The van der Waals surface area contributed by atoms with E-state index >= 15 is 0 Å². The molecule has 2 rings (SSSR count). The Morgan fingerprint density at radius 1 is 1.31 bits per heavy atom. The van der Waals surface area contributed by atoms with Crippen LogP contribution in [0.15, 0.2) is 0 Å². The number of hydrogen-bond donors (Lipinski definition) is 1. The zero-order chi connectivity index (χ0) is 11.4. The average molecular weight is 224 g/mol. The Labute approximate surface area is 96.2 Å². The van der Waals surface area contributed by atoms with Gasteiger partial charge in [0.1, 0.15) is 5.82 Å². The summed E-state index contributed by atoms with van der Waals surface area (Å²) in [5, 5.41) is 11.8. The molecular formula is C11H20N4O. The monoisotopic (exact) mass is 224 g/mol. The molecule has 5 heteroatoms. The Hall–Kier alpha value is -1.10. The van der Waals surface area contributed by atoms with Crippen LogP contribution in [0.4, 0.5) is 5.95 Å². The van der Waals surface area contributed by atoms with E-state index in [1.54, 1.807) is 0 Å². The third-order valence-electron chi connectivity index (χ3n) is 3.02. The molecule has 0 aromatic carbocycles. The Morgan fingerprint density at radius 2 is 2.06 bits per heavy atom. The summed E-state index contributed by atoms with van der Waals surface area (Å²) in [6, 6.07) is 0. The quantitative estimate of drug-likeness (QED) is 0.844. The molecule has 0 spiro atoms. The van der Waals surface area contributed by atoms with Crippen molar-refractivity contribution in [3.8, 4) is 0 Å². The maximum absolute atomic E-state index is 5.38. The molecule has 1 N–H and O–H groups in total. The molecule has 0 radical (unpaired) electrons. The van der Waals surface area contributed by atoms with Crippen molar-refractivity contribution < 1.29 is 4.74 Å². The van der Waals surface area contributed by atoms with Crippen LogP contribution in [-0.2, 0) is 11.3 Å². The summed E-state index contributed by atoms with van der Waals surface area (Å²) in [4.78, 5) is 0. The van der Waals surface area contributed by atoms with Gasteiger partial charge >= 0.3 is 0 Å². The van der Waals surface area contributed by atoms with Crippen LogP contribution in [0.1, 0.15) is 38.4 Å². The Balaban J connectivity index is 2.18. The van der Waals surface area contributed by atoms with E-state index in [0.29, 0.717) is 5.92 Å². The highest BCUT2D eigenvalue weighted by Gasteiger charge is 2.22. The van der Waals surface area contributed by atoms with Crippen molar-refractivity contribution in [1.29, 1.82) is 0 Å². The minimum atomic E-state index is 0.508. The minimum Gasteiger partial charge on any atom is -0.381 e. The first-order valence-electron chi connectivity index (χ1n) is 6.11. The van der Waals surface area contributed by atoms with Crippen molar-refractivity contribution >= 4 is 5.95 Å². The van der Waals surface area contributed by atoms with Gasteiger partial charge in [-0.05, 0) is 26.7 Å². The van der Waals surface area contributed by atoms with Crippen molar-refractivity contribution in [2.75, 3.05) is 25.1 Å². The fraction of sp³-hybridized carbons (Fsp3) is 0.818. The lowest BCUT2D eigenvalue weighted by Gasteiger charge is -2.21. The highest BCUT2D eigenvalue weighted by atomic mass is 16.5. The lowest BCUT2D eigenvalue weighted by atomic mass is 9.99. The zero-order valence-electron chi connectivity index (χ0n) is 10.1. The van der Waals surface area contributed by atoms with Gasteiger partial charge in [0.25, 0.3) is 0 Å². The molecule has 1 aliphatic rings. The first-order valence-corrected chi connectivity index (χ1v) is 6.11. The molecule has 0 amide bonds.